The third kappa shape index (κ3) is 4.42. The molecule has 9 heteroatoms. The predicted molar refractivity (Wildman–Crippen MR) is 126 cm³/mol. The molecular formula is C24H21N5O4. The van der Waals surface area contributed by atoms with Gasteiger partial charge >= 0.3 is 0 Å². The van der Waals surface area contributed by atoms with Gasteiger partial charge in [0.05, 0.1) is 34.7 Å². The second kappa shape index (κ2) is 8.91. The van der Waals surface area contributed by atoms with Crippen molar-refractivity contribution in [1.29, 1.82) is 0 Å². The van der Waals surface area contributed by atoms with Crippen LogP contribution in [-0.2, 0) is 0 Å². The van der Waals surface area contributed by atoms with Crippen LogP contribution >= 0.6 is 0 Å². The molecule has 2 heterocycles. The predicted octanol–water partition coefficient (Wildman–Crippen LogP) is 4.59. The van der Waals surface area contributed by atoms with Crippen molar-refractivity contribution in [3.8, 4) is 22.7 Å². The van der Waals surface area contributed by atoms with Crippen LogP contribution in [0.2, 0.25) is 0 Å². The minimum atomic E-state index is -0.485. The van der Waals surface area contributed by atoms with Crippen LogP contribution < -0.4 is 10.3 Å². The molecule has 0 bridgehead atoms. The Morgan fingerprint density at radius 1 is 1.09 bits per heavy atom. The van der Waals surface area contributed by atoms with E-state index >= 15 is 0 Å². The molecule has 0 aliphatic heterocycles. The Morgan fingerprint density at radius 2 is 1.79 bits per heavy atom. The molecule has 2 aromatic heterocycles. The molecule has 0 unspecified atom stereocenters. The molecule has 33 heavy (non-hydrogen) atoms. The van der Waals surface area contributed by atoms with Gasteiger partial charge in [-0.2, -0.15) is 0 Å². The van der Waals surface area contributed by atoms with Crippen LogP contribution in [0.3, 0.4) is 0 Å². The average molecular weight is 443 g/mol. The topological polar surface area (TPSA) is 115 Å². The Kier molecular flexibility index (Phi) is 5.86. The van der Waals surface area contributed by atoms with E-state index in [9.17, 15) is 14.9 Å². The van der Waals surface area contributed by atoms with Gasteiger partial charge in [-0.1, -0.05) is 6.07 Å². The van der Waals surface area contributed by atoms with Gasteiger partial charge in [0.2, 0.25) is 0 Å². The smallest absolute Gasteiger partial charge is 0.280 e. The summed E-state index contributed by atoms with van der Waals surface area (Å²) in [6.45, 7) is 3.62. The number of hydrogen-bond donors (Lipinski definition) is 1. The van der Waals surface area contributed by atoms with Crippen LogP contribution in [0.25, 0.3) is 16.9 Å². The second-order valence-corrected chi connectivity index (χ2v) is 7.34. The van der Waals surface area contributed by atoms with Gasteiger partial charge in [-0.25, -0.2) is 14.7 Å². The summed E-state index contributed by atoms with van der Waals surface area (Å²) in [5, 5.41) is 14.1. The highest BCUT2D eigenvalue weighted by molar-refractivity contribution is 6.04. The number of pyridine rings is 1. The van der Waals surface area contributed by atoms with Crippen molar-refractivity contribution in [1.82, 2.24) is 14.8 Å². The van der Waals surface area contributed by atoms with E-state index in [1.165, 1.54) is 28.9 Å². The van der Waals surface area contributed by atoms with Crippen molar-refractivity contribution in [2.75, 3.05) is 7.11 Å². The number of rotatable bonds is 6. The lowest BCUT2D eigenvalue weighted by atomic mass is 10.0. The van der Waals surface area contributed by atoms with Crippen LogP contribution in [0, 0.1) is 17.0 Å². The highest BCUT2D eigenvalue weighted by Gasteiger charge is 2.20. The SMILES string of the molecule is COc1ccc(-c2[nH]n(-c3ccc([N+](=O)[O-])cc3)c(=O)c2/C(C)=N/c2cccc(C)n2)cc1. The molecule has 0 fully saturated rings. The molecule has 0 amide bonds. The largest absolute Gasteiger partial charge is 0.497 e. The van der Waals surface area contributed by atoms with E-state index < -0.39 is 4.92 Å². The lowest BCUT2D eigenvalue weighted by Crippen LogP contribution is -2.19. The molecule has 9 nitrogen and oxygen atoms in total. The maximum Gasteiger partial charge on any atom is 0.280 e. The number of ether oxygens (including phenoxy) is 1. The standard InChI is InChI=1S/C24H21N5O4/c1-15-5-4-6-21(25-15)26-16(2)22-23(17-7-13-20(33-3)14-8-17)27-28(24(22)30)18-9-11-19(12-10-18)29(31)32/h4-14,27H,1-3H3/b26-16+. The number of benzene rings is 2. The first-order chi connectivity index (χ1) is 15.9. The Balaban J connectivity index is 1.89. The number of hydrogen-bond acceptors (Lipinski definition) is 6. The zero-order valence-electron chi connectivity index (χ0n) is 18.3. The number of aryl methyl sites for hydroxylation is 1. The molecule has 0 aliphatic rings. The first-order valence-electron chi connectivity index (χ1n) is 10.1. The van der Waals surface area contributed by atoms with Crippen molar-refractivity contribution >= 4 is 17.2 Å². The maximum atomic E-state index is 13.5. The highest BCUT2D eigenvalue weighted by atomic mass is 16.6. The van der Waals surface area contributed by atoms with Crippen LogP contribution in [0.1, 0.15) is 18.2 Å². The molecule has 4 rings (SSSR count). The lowest BCUT2D eigenvalue weighted by molar-refractivity contribution is -0.384. The summed E-state index contributed by atoms with van der Waals surface area (Å²) < 4.78 is 6.59. The van der Waals surface area contributed by atoms with E-state index in [1.54, 1.807) is 32.2 Å². The van der Waals surface area contributed by atoms with Crippen LogP contribution in [0.15, 0.2) is 76.5 Å². The third-order valence-electron chi connectivity index (χ3n) is 5.11. The van der Waals surface area contributed by atoms with Crippen LogP contribution in [-0.4, -0.2) is 32.5 Å². The van der Waals surface area contributed by atoms with E-state index in [4.69, 9.17) is 4.74 Å². The lowest BCUT2D eigenvalue weighted by Gasteiger charge is -2.05. The van der Waals surface area contributed by atoms with E-state index in [1.807, 2.05) is 31.2 Å². The zero-order valence-corrected chi connectivity index (χ0v) is 18.3. The zero-order chi connectivity index (χ0) is 23.5. The summed E-state index contributed by atoms with van der Waals surface area (Å²) in [6.07, 6.45) is 0. The Morgan fingerprint density at radius 3 is 2.39 bits per heavy atom. The molecule has 0 radical (unpaired) electrons. The van der Waals surface area contributed by atoms with Crippen molar-refractivity contribution < 1.29 is 9.66 Å². The molecule has 0 spiro atoms. The van der Waals surface area contributed by atoms with Crippen molar-refractivity contribution in [2.45, 2.75) is 13.8 Å². The molecule has 0 atom stereocenters. The highest BCUT2D eigenvalue weighted by Crippen LogP contribution is 2.25. The van der Waals surface area contributed by atoms with Gasteiger partial charge in [0, 0.05) is 23.4 Å². The summed E-state index contributed by atoms with van der Waals surface area (Å²) in [6, 6.07) is 18.5. The minimum Gasteiger partial charge on any atom is -0.497 e. The fourth-order valence-electron chi connectivity index (χ4n) is 3.46. The maximum absolute atomic E-state index is 13.5. The van der Waals surface area contributed by atoms with Crippen molar-refractivity contribution in [2.24, 2.45) is 4.99 Å². The van der Waals surface area contributed by atoms with Crippen LogP contribution in [0.4, 0.5) is 11.5 Å². The first-order valence-corrected chi connectivity index (χ1v) is 10.1. The summed E-state index contributed by atoms with van der Waals surface area (Å²) >= 11 is 0. The van der Waals surface area contributed by atoms with Gasteiger partial charge in [0.1, 0.15) is 5.75 Å². The molecule has 4 aromatic rings. The van der Waals surface area contributed by atoms with Crippen LogP contribution in [0.5, 0.6) is 5.75 Å². The van der Waals surface area contributed by atoms with Gasteiger partial charge in [-0.15, -0.1) is 0 Å². The minimum absolute atomic E-state index is 0.0581. The molecule has 0 saturated heterocycles. The van der Waals surface area contributed by atoms with E-state index in [0.29, 0.717) is 34.2 Å². The van der Waals surface area contributed by atoms with Crippen molar-refractivity contribution in [3.63, 3.8) is 0 Å². The Labute approximate surface area is 189 Å². The molecule has 166 valence electrons. The number of aromatic amines is 1. The van der Waals surface area contributed by atoms with Crippen molar-refractivity contribution in [3.05, 3.63) is 98.5 Å². The summed E-state index contributed by atoms with van der Waals surface area (Å²) in [5.74, 6) is 1.18. The Hall–Kier alpha value is -4.53. The van der Waals surface area contributed by atoms with Gasteiger partial charge in [0.15, 0.2) is 5.82 Å². The first kappa shape index (κ1) is 21.7. The molecule has 0 saturated carbocycles. The number of H-pyrrole nitrogens is 1. The summed E-state index contributed by atoms with van der Waals surface area (Å²) in [5.41, 5.74) is 3.08. The monoisotopic (exact) mass is 443 g/mol. The van der Waals surface area contributed by atoms with E-state index in [2.05, 4.69) is 15.1 Å². The van der Waals surface area contributed by atoms with Gasteiger partial charge in [-0.3, -0.25) is 20.0 Å². The number of nitrogens with one attached hydrogen (secondary N) is 1. The normalized spacial score (nSPS) is 11.4. The summed E-state index contributed by atoms with van der Waals surface area (Å²) in [4.78, 5) is 33.0. The molecular weight excluding hydrogens is 422 g/mol. The quantitative estimate of drug-likeness (QED) is 0.266. The number of aromatic nitrogens is 3. The fourth-order valence-corrected chi connectivity index (χ4v) is 3.46. The number of non-ortho nitro benzene ring substituents is 1. The Bertz CT molecular complexity index is 1400. The van der Waals surface area contributed by atoms with E-state index in [-0.39, 0.29) is 11.2 Å². The van der Waals surface area contributed by atoms with Gasteiger partial charge in [-0.05, 0) is 62.4 Å². The number of aliphatic imine (C=N–C) groups is 1. The van der Waals surface area contributed by atoms with E-state index in [0.717, 1.165) is 11.3 Å². The number of nitro groups is 1. The number of nitrogens with zero attached hydrogens (tertiary/aromatic N) is 4. The number of methoxy groups -OCH3 is 1. The number of nitro benzene ring substituents is 1. The fraction of sp³-hybridized carbons (Fsp3) is 0.125. The average Bonchev–Trinajstić information content (AvgIpc) is 3.16. The molecule has 1 N–H and O–H groups in total. The van der Waals surface area contributed by atoms with Gasteiger partial charge < -0.3 is 4.74 Å². The molecule has 0 aliphatic carbocycles. The molecule has 2 aromatic carbocycles. The summed E-state index contributed by atoms with van der Waals surface area (Å²) in [7, 11) is 1.58. The second-order valence-electron chi connectivity index (χ2n) is 7.34. The third-order valence-corrected chi connectivity index (χ3v) is 5.11. The van der Waals surface area contributed by atoms with Gasteiger partial charge in [0.25, 0.3) is 11.2 Å².